The summed E-state index contributed by atoms with van der Waals surface area (Å²) in [6.45, 7) is 3.56. The van der Waals surface area contributed by atoms with Gasteiger partial charge in [-0.1, -0.05) is 12.1 Å². The zero-order valence-corrected chi connectivity index (χ0v) is 21.9. The van der Waals surface area contributed by atoms with E-state index in [0.717, 1.165) is 69.0 Å². The second-order valence-corrected chi connectivity index (χ2v) is 11.2. The van der Waals surface area contributed by atoms with Gasteiger partial charge >= 0.3 is 6.18 Å². The van der Waals surface area contributed by atoms with Crippen molar-refractivity contribution in [3.8, 4) is 0 Å². The van der Waals surface area contributed by atoms with E-state index in [2.05, 4.69) is 20.1 Å². The van der Waals surface area contributed by atoms with Crippen LogP contribution < -0.4 is 10.2 Å². The molecule has 1 saturated carbocycles. The van der Waals surface area contributed by atoms with Crippen LogP contribution in [0.4, 0.5) is 19.0 Å². The fraction of sp³-hybridized carbons (Fsp3) is 0.552. The smallest absolute Gasteiger partial charge is 0.385 e. The molecule has 1 amide bonds. The Hall–Kier alpha value is -2.98. The van der Waals surface area contributed by atoms with Gasteiger partial charge in [0.25, 0.3) is 5.91 Å². The Morgan fingerprint density at radius 1 is 1.08 bits per heavy atom. The van der Waals surface area contributed by atoms with Crippen molar-refractivity contribution < 1.29 is 27.9 Å². The van der Waals surface area contributed by atoms with Crippen molar-refractivity contribution in [2.24, 2.45) is 5.92 Å². The first-order valence-corrected chi connectivity index (χ1v) is 13.8. The minimum atomic E-state index is -4.53. The maximum Gasteiger partial charge on any atom is 0.416 e. The molecule has 7 nitrogen and oxygen atoms in total. The number of halogens is 3. The third-order valence-corrected chi connectivity index (χ3v) is 8.50. The van der Waals surface area contributed by atoms with E-state index >= 15 is 0 Å². The molecule has 1 aromatic heterocycles. The summed E-state index contributed by atoms with van der Waals surface area (Å²) in [7, 11) is 0. The van der Waals surface area contributed by atoms with E-state index in [1.54, 1.807) is 0 Å². The van der Waals surface area contributed by atoms with E-state index in [4.69, 9.17) is 0 Å². The van der Waals surface area contributed by atoms with Crippen molar-refractivity contribution in [3.05, 3.63) is 59.3 Å². The van der Waals surface area contributed by atoms with Crippen LogP contribution in [0.15, 0.2) is 42.6 Å². The molecule has 210 valence electrons. The molecular weight excluding hydrogens is 509 g/mol. The number of Topliss-reactive ketones (excluding diaryl/α,β-unsaturated/α-hetero) is 1. The molecule has 1 atom stereocenters. The largest absolute Gasteiger partial charge is 0.416 e. The lowest BCUT2D eigenvalue weighted by Gasteiger charge is -2.40. The highest BCUT2D eigenvalue weighted by molar-refractivity contribution is 5.96. The number of alkyl halides is 3. The molecule has 3 aliphatic rings. The molecular formula is C29H35F3N4O3. The molecule has 3 heterocycles. The Morgan fingerprint density at radius 3 is 2.49 bits per heavy atom. The quantitative estimate of drug-likeness (QED) is 0.520. The van der Waals surface area contributed by atoms with E-state index < -0.39 is 23.2 Å². The van der Waals surface area contributed by atoms with Gasteiger partial charge in [0.05, 0.1) is 17.7 Å². The third-order valence-electron chi connectivity index (χ3n) is 8.50. The molecule has 5 rings (SSSR count). The highest BCUT2D eigenvalue weighted by atomic mass is 19.4. The van der Waals surface area contributed by atoms with Crippen LogP contribution in [0.2, 0.25) is 0 Å². The molecule has 2 N–H and O–H groups in total. The van der Waals surface area contributed by atoms with Gasteiger partial charge in [-0.2, -0.15) is 13.2 Å². The summed E-state index contributed by atoms with van der Waals surface area (Å²) in [5.41, 5.74) is -0.998. The van der Waals surface area contributed by atoms with E-state index in [1.807, 2.05) is 18.3 Å². The van der Waals surface area contributed by atoms with Crippen molar-refractivity contribution >= 4 is 17.5 Å². The Kier molecular flexibility index (Phi) is 7.96. The summed E-state index contributed by atoms with van der Waals surface area (Å²) in [5.74, 6) is 0.328. The minimum absolute atomic E-state index is 0.121. The van der Waals surface area contributed by atoms with Gasteiger partial charge in [-0.15, -0.1) is 0 Å². The maximum atomic E-state index is 12.9. The van der Waals surface area contributed by atoms with E-state index in [-0.39, 0.29) is 23.8 Å². The highest BCUT2D eigenvalue weighted by Crippen LogP contribution is 2.40. The molecule has 0 radical (unpaired) electrons. The topological polar surface area (TPSA) is 85.8 Å². The first-order valence-electron chi connectivity index (χ1n) is 13.8. The fourth-order valence-corrected chi connectivity index (χ4v) is 6.00. The summed E-state index contributed by atoms with van der Waals surface area (Å²) in [4.78, 5) is 34.0. The van der Waals surface area contributed by atoms with Crippen molar-refractivity contribution in [2.75, 3.05) is 37.6 Å². The van der Waals surface area contributed by atoms with Gasteiger partial charge in [0, 0.05) is 49.4 Å². The Morgan fingerprint density at radius 2 is 1.85 bits per heavy atom. The average Bonchev–Trinajstić information content (AvgIpc) is 3.35. The number of nitrogens with one attached hydrogen (secondary N) is 1. The molecule has 2 aliphatic heterocycles. The van der Waals surface area contributed by atoms with E-state index in [0.29, 0.717) is 25.3 Å². The number of nitrogens with zero attached hydrogens (tertiary/aromatic N) is 3. The third kappa shape index (κ3) is 6.44. The van der Waals surface area contributed by atoms with E-state index in [9.17, 15) is 27.9 Å². The highest BCUT2D eigenvalue weighted by Gasteiger charge is 2.39. The van der Waals surface area contributed by atoms with Crippen molar-refractivity contribution in [1.29, 1.82) is 0 Å². The van der Waals surface area contributed by atoms with Gasteiger partial charge in [-0.3, -0.25) is 9.59 Å². The number of benzene rings is 1. The van der Waals surface area contributed by atoms with Gasteiger partial charge in [0.1, 0.15) is 5.82 Å². The Labute approximate surface area is 226 Å². The SMILES string of the molecule is O=C(CNC(=O)c1cccc(C(F)(F)F)c1)C[C@@H]1CCN(C2CCC(O)(c3ccc(N4CCC4)nc3)CC2)C1. The van der Waals surface area contributed by atoms with Crippen LogP contribution in [0.5, 0.6) is 0 Å². The number of ketones is 1. The molecule has 0 bridgehead atoms. The minimum Gasteiger partial charge on any atom is -0.385 e. The monoisotopic (exact) mass is 544 g/mol. The lowest BCUT2D eigenvalue weighted by molar-refractivity contribution is -0.137. The number of hydrogen-bond donors (Lipinski definition) is 2. The summed E-state index contributed by atoms with van der Waals surface area (Å²) in [6, 6.07) is 8.54. The van der Waals surface area contributed by atoms with Gasteiger partial charge < -0.3 is 20.2 Å². The molecule has 3 fully saturated rings. The van der Waals surface area contributed by atoms with Crippen LogP contribution in [0, 0.1) is 5.92 Å². The maximum absolute atomic E-state index is 12.9. The predicted molar refractivity (Wildman–Crippen MR) is 140 cm³/mol. The number of aliphatic hydroxyl groups is 1. The predicted octanol–water partition coefficient (Wildman–Crippen LogP) is 4.15. The Bertz CT molecular complexity index is 1180. The standard InChI is InChI=1S/C29H35F3N4O3/c30-29(31,32)22-4-1-3-21(16-22)27(38)34-18-25(37)15-20-9-14-36(19-20)24-7-10-28(39,11-8-24)23-5-6-26(33-17-23)35-12-2-13-35/h1,3-6,16-17,20,24,39H,2,7-15,18-19H2,(H,34,38)/t20-,24?,28?/m0/s1. The van der Waals surface area contributed by atoms with Crippen molar-refractivity contribution in [3.63, 3.8) is 0 Å². The van der Waals surface area contributed by atoms with Crippen molar-refractivity contribution in [2.45, 2.75) is 62.8 Å². The van der Waals surface area contributed by atoms with Crippen LogP contribution in [-0.4, -0.2) is 65.4 Å². The van der Waals surface area contributed by atoms with Crippen LogP contribution in [-0.2, 0) is 16.6 Å². The number of anilines is 1. The molecule has 2 saturated heterocycles. The number of likely N-dealkylation sites (tertiary alicyclic amines) is 1. The van der Waals surface area contributed by atoms with Crippen molar-refractivity contribution in [1.82, 2.24) is 15.2 Å². The average molecular weight is 545 g/mol. The lowest BCUT2D eigenvalue weighted by atomic mass is 9.78. The summed E-state index contributed by atoms with van der Waals surface area (Å²) >= 11 is 0. The summed E-state index contributed by atoms with van der Waals surface area (Å²) < 4.78 is 38.7. The second-order valence-electron chi connectivity index (χ2n) is 11.2. The number of aromatic nitrogens is 1. The zero-order valence-electron chi connectivity index (χ0n) is 21.9. The summed E-state index contributed by atoms with van der Waals surface area (Å²) in [6.07, 6.45) is 2.77. The molecule has 1 aromatic carbocycles. The van der Waals surface area contributed by atoms with Crippen LogP contribution in [0.1, 0.15) is 66.4 Å². The molecule has 2 aromatic rings. The number of amides is 1. The molecule has 0 unspecified atom stereocenters. The fourth-order valence-electron chi connectivity index (χ4n) is 6.00. The molecule has 10 heteroatoms. The van der Waals surface area contributed by atoms with E-state index in [1.165, 1.54) is 18.6 Å². The van der Waals surface area contributed by atoms with Gasteiger partial charge in [0.2, 0.25) is 0 Å². The van der Waals surface area contributed by atoms with Gasteiger partial charge in [-0.05, 0) is 75.3 Å². The Balaban J connectivity index is 1.05. The number of rotatable bonds is 8. The number of hydrogen-bond acceptors (Lipinski definition) is 6. The molecule has 1 aliphatic carbocycles. The summed E-state index contributed by atoms with van der Waals surface area (Å²) in [5, 5.41) is 13.8. The second kappa shape index (κ2) is 11.3. The molecule has 0 spiro atoms. The first kappa shape index (κ1) is 27.6. The number of carbonyl (C=O) groups excluding carboxylic acids is 2. The lowest BCUT2D eigenvalue weighted by Crippen LogP contribution is -2.42. The zero-order chi connectivity index (χ0) is 27.6. The molecule has 39 heavy (non-hydrogen) atoms. The first-order chi connectivity index (χ1) is 18.6. The number of carbonyl (C=O) groups is 2. The van der Waals surface area contributed by atoms with Gasteiger partial charge in [0.15, 0.2) is 5.78 Å². The van der Waals surface area contributed by atoms with Crippen LogP contribution in [0.25, 0.3) is 0 Å². The van der Waals surface area contributed by atoms with Gasteiger partial charge in [-0.25, -0.2) is 4.98 Å². The number of pyridine rings is 1. The van der Waals surface area contributed by atoms with Crippen LogP contribution >= 0.6 is 0 Å². The normalized spacial score (nSPS) is 25.8. The van der Waals surface area contributed by atoms with Crippen LogP contribution in [0.3, 0.4) is 0 Å².